The van der Waals surface area contributed by atoms with Crippen molar-refractivity contribution in [3.05, 3.63) is 24.3 Å². The third kappa shape index (κ3) is 1.31. The number of hydrogen-bond acceptors (Lipinski definition) is 3. The number of anilines is 1. The van der Waals surface area contributed by atoms with Crippen LogP contribution >= 0.6 is 0 Å². The highest BCUT2D eigenvalue weighted by Crippen LogP contribution is 2.14. The fourth-order valence-electron chi connectivity index (χ4n) is 0.703. The van der Waals surface area contributed by atoms with E-state index in [2.05, 4.69) is 10.4 Å². The van der Waals surface area contributed by atoms with E-state index >= 15 is 0 Å². The summed E-state index contributed by atoms with van der Waals surface area (Å²) in [6, 6.07) is 7.35. The van der Waals surface area contributed by atoms with Crippen LogP contribution in [0.4, 0.5) is 11.4 Å². The largest absolute Gasteiger partial charge is 0.388 e. The highest BCUT2D eigenvalue weighted by atomic mass is 15.0. The Bertz CT molecular complexity index is 215. The van der Waals surface area contributed by atoms with Gasteiger partial charge in [-0.05, 0) is 24.3 Å². The van der Waals surface area contributed by atoms with Crippen LogP contribution in [-0.4, -0.2) is 7.05 Å². The molecule has 3 nitrogen and oxygen atoms in total. The van der Waals surface area contributed by atoms with Crippen LogP contribution in [0, 0.1) is 5.53 Å². The van der Waals surface area contributed by atoms with Gasteiger partial charge in [0.05, 0.1) is 5.69 Å². The van der Waals surface area contributed by atoms with Crippen LogP contribution in [0.5, 0.6) is 0 Å². The van der Waals surface area contributed by atoms with Crippen molar-refractivity contribution in [3.63, 3.8) is 0 Å². The van der Waals surface area contributed by atoms with Gasteiger partial charge in [-0.1, -0.05) is 0 Å². The van der Waals surface area contributed by atoms with E-state index in [1.165, 1.54) is 0 Å². The van der Waals surface area contributed by atoms with Gasteiger partial charge < -0.3 is 5.32 Å². The van der Waals surface area contributed by atoms with Gasteiger partial charge in [-0.2, -0.15) is 5.11 Å². The molecule has 52 valence electrons. The number of hydrogen-bond donors (Lipinski definition) is 2. The molecule has 0 unspecified atom stereocenters. The van der Waals surface area contributed by atoms with Crippen LogP contribution in [0.1, 0.15) is 0 Å². The molecular formula is C7H9N3. The highest BCUT2D eigenvalue weighted by Gasteiger charge is 1.87. The van der Waals surface area contributed by atoms with Crippen LogP contribution in [0.25, 0.3) is 0 Å². The normalized spacial score (nSPS) is 8.90. The fraction of sp³-hybridized carbons (Fsp3) is 0.143. The molecule has 0 spiro atoms. The average Bonchev–Trinajstić information content (AvgIpc) is 2.05. The molecule has 0 aliphatic carbocycles. The minimum Gasteiger partial charge on any atom is -0.388 e. The summed E-state index contributed by atoms with van der Waals surface area (Å²) in [4.78, 5) is 0. The van der Waals surface area contributed by atoms with Crippen molar-refractivity contribution in [2.45, 2.75) is 0 Å². The van der Waals surface area contributed by atoms with E-state index in [0.29, 0.717) is 5.69 Å². The summed E-state index contributed by atoms with van der Waals surface area (Å²) in [6.07, 6.45) is 0. The third-order valence-corrected chi connectivity index (χ3v) is 1.29. The van der Waals surface area contributed by atoms with Crippen LogP contribution in [0.2, 0.25) is 0 Å². The maximum absolute atomic E-state index is 6.68. The molecule has 3 heteroatoms. The Labute approximate surface area is 59.6 Å². The first-order valence-corrected chi connectivity index (χ1v) is 3.02. The number of benzene rings is 1. The molecule has 0 aliphatic heterocycles. The van der Waals surface area contributed by atoms with Crippen LogP contribution in [0.15, 0.2) is 29.4 Å². The second kappa shape index (κ2) is 2.96. The molecule has 1 aromatic carbocycles. The van der Waals surface area contributed by atoms with E-state index in [9.17, 15) is 0 Å². The lowest BCUT2D eigenvalue weighted by atomic mass is 10.3. The Morgan fingerprint density at radius 1 is 1.30 bits per heavy atom. The fourth-order valence-corrected chi connectivity index (χ4v) is 0.703. The second-order valence-electron chi connectivity index (χ2n) is 1.91. The topological polar surface area (TPSA) is 48.2 Å². The van der Waals surface area contributed by atoms with Gasteiger partial charge in [-0.3, -0.25) is 0 Å². The summed E-state index contributed by atoms with van der Waals surface area (Å²) in [5.74, 6) is 0. The average molecular weight is 135 g/mol. The molecule has 0 atom stereocenters. The minimum atomic E-state index is 0.680. The minimum absolute atomic E-state index is 0.680. The molecule has 0 aliphatic rings. The zero-order valence-electron chi connectivity index (χ0n) is 5.76. The first kappa shape index (κ1) is 6.74. The maximum atomic E-state index is 6.68. The van der Waals surface area contributed by atoms with Crippen molar-refractivity contribution in [1.82, 2.24) is 0 Å². The standard InChI is InChI=1S/C7H9N3/c1-9-6-2-4-7(10-8)5-3-6/h2-5,8-9H,1H3. The smallest absolute Gasteiger partial charge is 0.0851 e. The SMILES string of the molecule is CNc1ccc(N=N)cc1. The monoisotopic (exact) mass is 135 g/mol. The Balaban J connectivity index is 2.90. The summed E-state index contributed by atoms with van der Waals surface area (Å²) in [5, 5.41) is 6.24. The quantitative estimate of drug-likeness (QED) is 0.601. The van der Waals surface area contributed by atoms with Crippen LogP contribution in [-0.2, 0) is 0 Å². The number of nitrogens with one attached hydrogen (secondary N) is 2. The first-order chi connectivity index (χ1) is 4.86. The van der Waals surface area contributed by atoms with Gasteiger partial charge in [-0.15, -0.1) is 0 Å². The molecule has 0 saturated carbocycles. The lowest BCUT2D eigenvalue weighted by molar-refractivity contribution is 1.15. The molecule has 0 amide bonds. The molecule has 0 saturated heterocycles. The van der Waals surface area contributed by atoms with E-state index in [4.69, 9.17) is 5.53 Å². The van der Waals surface area contributed by atoms with Gasteiger partial charge in [0.15, 0.2) is 0 Å². The molecule has 1 aromatic rings. The van der Waals surface area contributed by atoms with Crippen molar-refractivity contribution < 1.29 is 0 Å². The van der Waals surface area contributed by atoms with Gasteiger partial charge in [0.25, 0.3) is 0 Å². The predicted molar refractivity (Wildman–Crippen MR) is 40.8 cm³/mol. The Hall–Kier alpha value is -1.38. The van der Waals surface area contributed by atoms with Crippen molar-refractivity contribution in [1.29, 1.82) is 5.53 Å². The molecule has 2 N–H and O–H groups in total. The number of nitrogens with zero attached hydrogens (tertiary/aromatic N) is 1. The van der Waals surface area contributed by atoms with Crippen LogP contribution < -0.4 is 5.32 Å². The zero-order valence-corrected chi connectivity index (χ0v) is 5.76. The Kier molecular flexibility index (Phi) is 1.99. The highest BCUT2D eigenvalue weighted by molar-refractivity contribution is 5.49. The van der Waals surface area contributed by atoms with Gasteiger partial charge in [-0.25, -0.2) is 5.53 Å². The van der Waals surface area contributed by atoms with Crippen molar-refractivity contribution in [2.24, 2.45) is 5.11 Å². The Morgan fingerprint density at radius 2 is 1.90 bits per heavy atom. The first-order valence-electron chi connectivity index (χ1n) is 3.02. The van der Waals surface area contributed by atoms with E-state index in [1.807, 2.05) is 19.2 Å². The van der Waals surface area contributed by atoms with E-state index in [0.717, 1.165) is 5.69 Å². The zero-order chi connectivity index (χ0) is 7.40. The molecule has 10 heavy (non-hydrogen) atoms. The molecule has 1 rings (SSSR count). The summed E-state index contributed by atoms with van der Waals surface area (Å²) < 4.78 is 0. The van der Waals surface area contributed by atoms with Gasteiger partial charge >= 0.3 is 0 Å². The lowest BCUT2D eigenvalue weighted by Crippen LogP contribution is -1.84. The van der Waals surface area contributed by atoms with Gasteiger partial charge in [0, 0.05) is 12.7 Å². The Morgan fingerprint density at radius 3 is 2.30 bits per heavy atom. The molecule has 0 fully saturated rings. The number of rotatable bonds is 2. The predicted octanol–water partition coefficient (Wildman–Crippen LogP) is 2.39. The molecule has 0 radical (unpaired) electrons. The molecule has 0 bridgehead atoms. The molecule has 0 aromatic heterocycles. The van der Waals surface area contributed by atoms with Gasteiger partial charge in [0.2, 0.25) is 0 Å². The van der Waals surface area contributed by atoms with Gasteiger partial charge in [0.1, 0.15) is 0 Å². The summed E-state index contributed by atoms with van der Waals surface area (Å²) in [6.45, 7) is 0. The lowest BCUT2D eigenvalue weighted by Gasteiger charge is -1.97. The maximum Gasteiger partial charge on any atom is 0.0851 e. The van der Waals surface area contributed by atoms with Crippen molar-refractivity contribution in [3.8, 4) is 0 Å². The van der Waals surface area contributed by atoms with Crippen LogP contribution in [0.3, 0.4) is 0 Å². The second-order valence-corrected chi connectivity index (χ2v) is 1.91. The van der Waals surface area contributed by atoms with E-state index < -0.39 is 0 Å². The third-order valence-electron chi connectivity index (χ3n) is 1.29. The van der Waals surface area contributed by atoms with E-state index in [1.54, 1.807) is 12.1 Å². The summed E-state index contributed by atoms with van der Waals surface area (Å²) in [5.41, 5.74) is 8.39. The summed E-state index contributed by atoms with van der Waals surface area (Å²) >= 11 is 0. The molecule has 0 heterocycles. The van der Waals surface area contributed by atoms with Crippen molar-refractivity contribution in [2.75, 3.05) is 12.4 Å². The molecular weight excluding hydrogens is 126 g/mol. The van der Waals surface area contributed by atoms with E-state index in [-0.39, 0.29) is 0 Å². The summed E-state index contributed by atoms with van der Waals surface area (Å²) in [7, 11) is 1.85. The van der Waals surface area contributed by atoms with Crippen molar-refractivity contribution >= 4 is 11.4 Å².